The van der Waals surface area contributed by atoms with E-state index in [2.05, 4.69) is 20.3 Å². The van der Waals surface area contributed by atoms with Gasteiger partial charge in [0.25, 0.3) is 0 Å². The van der Waals surface area contributed by atoms with Crippen LogP contribution in [-0.4, -0.2) is 15.0 Å². The van der Waals surface area contributed by atoms with Gasteiger partial charge in [0.15, 0.2) is 0 Å². The van der Waals surface area contributed by atoms with Crippen LogP contribution in [0.1, 0.15) is 10.7 Å². The zero-order valence-corrected chi connectivity index (χ0v) is 9.08. The summed E-state index contributed by atoms with van der Waals surface area (Å²) in [4.78, 5) is 12.2. The van der Waals surface area contributed by atoms with Crippen LogP contribution in [0.15, 0.2) is 17.8 Å². The largest absolute Gasteiger partial charge is 0.384 e. The lowest BCUT2D eigenvalue weighted by molar-refractivity contribution is 1.05. The lowest BCUT2D eigenvalue weighted by Crippen LogP contribution is -2.02. The van der Waals surface area contributed by atoms with Gasteiger partial charge >= 0.3 is 0 Å². The number of aryl methyl sites for hydroxylation is 1. The summed E-state index contributed by atoms with van der Waals surface area (Å²) < 4.78 is 0. The van der Waals surface area contributed by atoms with Crippen LogP contribution in [0.4, 0.5) is 11.6 Å². The first-order valence-electron chi connectivity index (χ1n) is 4.46. The molecule has 15 heavy (non-hydrogen) atoms. The first kappa shape index (κ1) is 9.85. The first-order chi connectivity index (χ1) is 7.24. The van der Waals surface area contributed by atoms with Gasteiger partial charge in [0, 0.05) is 17.1 Å². The molecule has 0 saturated carbocycles. The molecule has 0 aliphatic carbocycles. The Morgan fingerprint density at radius 1 is 1.47 bits per heavy atom. The molecule has 0 atom stereocenters. The first-order valence-corrected chi connectivity index (χ1v) is 5.34. The highest BCUT2D eigenvalue weighted by molar-refractivity contribution is 7.09. The van der Waals surface area contributed by atoms with Crippen LogP contribution < -0.4 is 11.1 Å². The van der Waals surface area contributed by atoms with E-state index in [0.29, 0.717) is 12.4 Å². The van der Waals surface area contributed by atoms with Crippen molar-refractivity contribution < 1.29 is 0 Å². The summed E-state index contributed by atoms with van der Waals surface area (Å²) in [6.07, 6.45) is 1.44. The Morgan fingerprint density at radius 3 is 3.00 bits per heavy atom. The molecule has 0 bridgehead atoms. The zero-order valence-electron chi connectivity index (χ0n) is 8.27. The van der Waals surface area contributed by atoms with E-state index in [0.717, 1.165) is 16.5 Å². The maximum Gasteiger partial charge on any atom is 0.131 e. The number of nitrogens with two attached hydrogens (primary N) is 1. The van der Waals surface area contributed by atoms with Crippen molar-refractivity contribution in [2.45, 2.75) is 13.5 Å². The Hall–Kier alpha value is -1.69. The third-order valence-electron chi connectivity index (χ3n) is 1.78. The van der Waals surface area contributed by atoms with Crippen LogP contribution in [0.25, 0.3) is 0 Å². The molecule has 0 amide bonds. The SMILES string of the molecule is Cc1csc(CNc2cc(N)ncn2)n1. The van der Waals surface area contributed by atoms with E-state index in [4.69, 9.17) is 5.73 Å². The number of anilines is 2. The van der Waals surface area contributed by atoms with E-state index in [1.54, 1.807) is 17.4 Å². The van der Waals surface area contributed by atoms with Gasteiger partial charge in [-0.05, 0) is 6.92 Å². The number of thiazole rings is 1. The monoisotopic (exact) mass is 221 g/mol. The third kappa shape index (κ3) is 2.63. The summed E-state index contributed by atoms with van der Waals surface area (Å²) in [6.45, 7) is 2.64. The minimum absolute atomic E-state index is 0.461. The summed E-state index contributed by atoms with van der Waals surface area (Å²) in [5, 5.41) is 6.18. The normalized spacial score (nSPS) is 10.2. The molecular weight excluding hydrogens is 210 g/mol. The molecule has 0 aliphatic rings. The molecule has 0 spiro atoms. The van der Waals surface area contributed by atoms with Crippen molar-refractivity contribution in [1.82, 2.24) is 15.0 Å². The van der Waals surface area contributed by atoms with E-state index < -0.39 is 0 Å². The smallest absolute Gasteiger partial charge is 0.131 e. The molecule has 2 aromatic rings. The summed E-state index contributed by atoms with van der Waals surface area (Å²) in [5.74, 6) is 1.18. The van der Waals surface area contributed by atoms with Crippen molar-refractivity contribution in [1.29, 1.82) is 0 Å². The molecule has 0 saturated heterocycles. The van der Waals surface area contributed by atoms with Gasteiger partial charge in [0.2, 0.25) is 0 Å². The van der Waals surface area contributed by atoms with E-state index in [9.17, 15) is 0 Å². The molecule has 2 aromatic heterocycles. The topological polar surface area (TPSA) is 76.7 Å². The predicted molar refractivity (Wildman–Crippen MR) is 60.6 cm³/mol. The molecule has 0 unspecified atom stereocenters. The van der Waals surface area contributed by atoms with Gasteiger partial charge in [0.1, 0.15) is 23.0 Å². The zero-order chi connectivity index (χ0) is 10.7. The van der Waals surface area contributed by atoms with Crippen molar-refractivity contribution in [2.75, 3.05) is 11.1 Å². The van der Waals surface area contributed by atoms with Gasteiger partial charge in [-0.25, -0.2) is 15.0 Å². The van der Waals surface area contributed by atoms with E-state index in [1.807, 2.05) is 12.3 Å². The third-order valence-corrected chi connectivity index (χ3v) is 2.74. The summed E-state index contributed by atoms with van der Waals surface area (Å²) in [5.41, 5.74) is 6.57. The van der Waals surface area contributed by atoms with Gasteiger partial charge in [-0.1, -0.05) is 0 Å². The lowest BCUT2D eigenvalue weighted by Gasteiger charge is -2.02. The van der Waals surface area contributed by atoms with Gasteiger partial charge < -0.3 is 11.1 Å². The molecule has 6 heteroatoms. The number of hydrogen-bond acceptors (Lipinski definition) is 6. The maximum atomic E-state index is 5.53. The van der Waals surface area contributed by atoms with Crippen molar-refractivity contribution in [3.8, 4) is 0 Å². The minimum atomic E-state index is 0.461. The number of nitrogen functional groups attached to an aromatic ring is 1. The fourth-order valence-corrected chi connectivity index (χ4v) is 1.83. The summed E-state index contributed by atoms with van der Waals surface area (Å²) in [6, 6.07) is 1.69. The van der Waals surface area contributed by atoms with Crippen LogP contribution in [0.5, 0.6) is 0 Å². The highest BCUT2D eigenvalue weighted by atomic mass is 32.1. The number of aromatic nitrogens is 3. The predicted octanol–water partition coefficient (Wildman–Crippen LogP) is 1.44. The van der Waals surface area contributed by atoms with Gasteiger partial charge in [-0.3, -0.25) is 0 Å². The van der Waals surface area contributed by atoms with Crippen molar-refractivity contribution in [3.63, 3.8) is 0 Å². The molecule has 78 valence electrons. The van der Waals surface area contributed by atoms with Crippen LogP contribution in [-0.2, 0) is 6.54 Å². The Balaban J connectivity index is 1.99. The Kier molecular flexibility index (Phi) is 2.77. The van der Waals surface area contributed by atoms with Crippen molar-refractivity contribution in [2.24, 2.45) is 0 Å². The minimum Gasteiger partial charge on any atom is -0.384 e. The van der Waals surface area contributed by atoms with Gasteiger partial charge in [-0.2, -0.15) is 0 Å². The van der Waals surface area contributed by atoms with E-state index >= 15 is 0 Å². The second kappa shape index (κ2) is 4.22. The van der Waals surface area contributed by atoms with Crippen molar-refractivity contribution >= 4 is 23.0 Å². The lowest BCUT2D eigenvalue weighted by atomic mass is 10.5. The average molecular weight is 221 g/mol. The standard InChI is InChI=1S/C9H11N5S/c1-6-4-15-9(14-6)3-11-8-2-7(10)12-5-13-8/h2,4-5H,3H2,1H3,(H3,10,11,12,13). The fraction of sp³-hybridized carbons (Fsp3) is 0.222. The molecule has 0 fully saturated rings. The van der Waals surface area contributed by atoms with E-state index in [1.165, 1.54) is 6.33 Å². The Bertz CT molecular complexity index is 453. The molecule has 5 nitrogen and oxygen atoms in total. The maximum absolute atomic E-state index is 5.53. The Morgan fingerprint density at radius 2 is 2.33 bits per heavy atom. The second-order valence-corrected chi connectivity index (χ2v) is 4.01. The molecule has 0 aromatic carbocycles. The fourth-order valence-electron chi connectivity index (χ4n) is 1.12. The number of hydrogen-bond donors (Lipinski definition) is 2. The Labute approximate surface area is 91.4 Å². The van der Waals surface area contributed by atoms with Crippen LogP contribution in [0, 0.1) is 6.92 Å². The second-order valence-electron chi connectivity index (χ2n) is 3.06. The average Bonchev–Trinajstić information content (AvgIpc) is 2.62. The van der Waals surface area contributed by atoms with Crippen LogP contribution in [0.3, 0.4) is 0 Å². The molecule has 2 rings (SSSR count). The van der Waals surface area contributed by atoms with Crippen LogP contribution >= 0.6 is 11.3 Å². The van der Waals surface area contributed by atoms with E-state index in [-0.39, 0.29) is 0 Å². The van der Waals surface area contributed by atoms with Crippen molar-refractivity contribution in [3.05, 3.63) is 28.5 Å². The molecule has 0 aliphatic heterocycles. The highest BCUT2D eigenvalue weighted by Gasteiger charge is 1.99. The summed E-state index contributed by atoms with van der Waals surface area (Å²) in [7, 11) is 0. The summed E-state index contributed by atoms with van der Waals surface area (Å²) >= 11 is 1.62. The number of rotatable bonds is 3. The molecular formula is C9H11N5S. The number of nitrogens with one attached hydrogen (secondary N) is 1. The molecule has 0 radical (unpaired) electrons. The number of nitrogens with zero attached hydrogens (tertiary/aromatic N) is 3. The molecule has 2 heterocycles. The van der Waals surface area contributed by atoms with Crippen LogP contribution in [0.2, 0.25) is 0 Å². The van der Waals surface area contributed by atoms with Gasteiger partial charge in [-0.15, -0.1) is 11.3 Å². The molecule has 3 N–H and O–H groups in total. The quantitative estimate of drug-likeness (QED) is 0.820. The highest BCUT2D eigenvalue weighted by Crippen LogP contribution is 2.11. The van der Waals surface area contributed by atoms with Gasteiger partial charge in [0.05, 0.1) is 6.54 Å².